The summed E-state index contributed by atoms with van der Waals surface area (Å²) in [6.45, 7) is 16.0. The molecule has 5 atom stereocenters. The van der Waals surface area contributed by atoms with Gasteiger partial charge < -0.3 is 23.7 Å². The van der Waals surface area contributed by atoms with Gasteiger partial charge in [-0.2, -0.15) is 0 Å². The number of hydrogen-bond acceptors (Lipinski definition) is 7. The van der Waals surface area contributed by atoms with Gasteiger partial charge in [0.1, 0.15) is 11.9 Å². The Kier molecular flexibility index (Phi) is 18.1. The molecule has 0 bridgehead atoms. The van der Waals surface area contributed by atoms with E-state index in [4.69, 9.17) is 18.6 Å². The minimum Gasteiger partial charge on any atom is -0.479 e. The maximum Gasteiger partial charge on any atom is 0.331 e. The number of aliphatic carboxylic acids is 1. The standard InChI is InChI=1S/C34H62O7SSi/c1-8-10-11-17-25(39-31-19-12-14-22-38-31)20-21-26-27(34(3,4)5)24-29(40-30(35)16-9-2)32(26)42-23-15-13-18-28(33(36)37)41-43(6)7/h25-28,31,43H,8-24H2,1-7H3,(H,36,37)/t25-,26-,27+,28?,31?/m0/s1. The predicted molar refractivity (Wildman–Crippen MR) is 179 cm³/mol. The normalized spacial score (nSPS) is 22.7. The fourth-order valence-electron chi connectivity index (χ4n) is 6.24. The molecule has 0 aromatic rings. The van der Waals surface area contributed by atoms with Gasteiger partial charge in [0, 0.05) is 24.4 Å². The van der Waals surface area contributed by atoms with Crippen molar-refractivity contribution in [3.63, 3.8) is 0 Å². The number of carboxylic acids is 1. The van der Waals surface area contributed by atoms with Gasteiger partial charge in [-0.1, -0.05) is 53.9 Å². The zero-order valence-electron chi connectivity index (χ0n) is 28.3. The van der Waals surface area contributed by atoms with Crippen LogP contribution in [-0.4, -0.2) is 56.9 Å². The first-order valence-electron chi connectivity index (χ1n) is 17.2. The Bertz CT molecular complexity index is 850. The average molecular weight is 643 g/mol. The van der Waals surface area contributed by atoms with Gasteiger partial charge in [-0.15, -0.1) is 11.8 Å². The van der Waals surface area contributed by atoms with Crippen LogP contribution >= 0.6 is 11.8 Å². The zero-order chi connectivity index (χ0) is 31.8. The highest BCUT2D eigenvalue weighted by atomic mass is 32.2. The lowest BCUT2D eigenvalue weighted by Gasteiger charge is -2.35. The zero-order valence-corrected chi connectivity index (χ0v) is 30.3. The second-order valence-electron chi connectivity index (χ2n) is 13.8. The van der Waals surface area contributed by atoms with Gasteiger partial charge in [-0.05, 0) is 100 Å². The molecule has 0 amide bonds. The van der Waals surface area contributed by atoms with Crippen LogP contribution in [0.2, 0.25) is 13.1 Å². The molecule has 0 saturated carbocycles. The van der Waals surface area contributed by atoms with Crippen LogP contribution in [0.3, 0.4) is 0 Å². The predicted octanol–water partition coefficient (Wildman–Crippen LogP) is 8.85. The van der Waals surface area contributed by atoms with Crippen LogP contribution in [-0.2, 0) is 28.2 Å². The highest BCUT2D eigenvalue weighted by molar-refractivity contribution is 8.03. The highest BCUT2D eigenvalue weighted by Gasteiger charge is 2.43. The lowest BCUT2D eigenvalue weighted by molar-refractivity contribution is -0.191. The number of ether oxygens (including phenoxy) is 3. The second kappa shape index (κ2) is 20.3. The number of allylic oxidation sites excluding steroid dienone is 2. The van der Waals surface area contributed by atoms with Gasteiger partial charge in [0.05, 0.1) is 6.10 Å². The van der Waals surface area contributed by atoms with Crippen LogP contribution in [0.5, 0.6) is 0 Å². The SMILES string of the molecule is CCCCC[C@@H](CC[C@@H]1C(SCCCCC(O[SiH](C)C)C(=O)O)=C(OC(=O)CCC)C[C@H]1C(C)(C)C)OC1CCCCO1. The van der Waals surface area contributed by atoms with Crippen molar-refractivity contribution in [1.82, 2.24) is 0 Å². The van der Waals surface area contributed by atoms with Crippen molar-refractivity contribution >= 4 is 32.7 Å². The fourth-order valence-corrected chi connectivity index (χ4v) is 8.50. The average Bonchev–Trinajstić information content (AvgIpc) is 3.28. The van der Waals surface area contributed by atoms with Crippen molar-refractivity contribution in [2.45, 2.75) is 163 Å². The first kappa shape index (κ1) is 38.3. The Balaban J connectivity index is 2.17. The maximum atomic E-state index is 12.7. The molecule has 0 radical (unpaired) electrons. The number of esters is 1. The molecule has 0 spiro atoms. The van der Waals surface area contributed by atoms with E-state index in [0.29, 0.717) is 24.7 Å². The van der Waals surface area contributed by atoms with E-state index in [1.54, 1.807) is 0 Å². The number of carboxylic acid groups (broad SMARTS) is 1. The first-order valence-corrected chi connectivity index (χ1v) is 20.9. The van der Waals surface area contributed by atoms with E-state index in [0.717, 1.165) is 82.3 Å². The molecule has 2 rings (SSSR count). The summed E-state index contributed by atoms with van der Waals surface area (Å²) in [7, 11) is -1.42. The fraction of sp³-hybridized carbons (Fsp3) is 0.882. The van der Waals surface area contributed by atoms with E-state index in [1.807, 2.05) is 31.8 Å². The maximum absolute atomic E-state index is 12.7. The number of unbranched alkanes of at least 4 members (excludes halogenated alkanes) is 3. The van der Waals surface area contributed by atoms with E-state index < -0.39 is 21.1 Å². The molecule has 0 aromatic carbocycles. The van der Waals surface area contributed by atoms with E-state index in [1.165, 1.54) is 24.2 Å². The van der Waals surface area contributed by atoms with Gasteiger partial charge in [-0.3, -0.25) is 4.79 Å². The Hall–Kier alpha value is -0.873. The topological polar surface area (TPSA) is 91.3 Å². The number of carbonyl (C=O) groups is 2. The van der Waals surface area contributed by atoms with Crippen LogP contribution in [0.1, 0.15) is 131 Å². The number of thioether (sulfide) groups is 1. The molecule has 1 N–H and O–H groups in total. The van der Waals surface area contributed by atoms with E-state index in [9.17, 15) is 14.7 Å². The van der Waals surface area contributed by atoms with Crippen molar-refractivity contribution in [2.75, 3.05) is 12.4 Å². The Morgan fingerprint density at radius 2 is 1.79 bits per heavy atom. The lowest BCUT2D eigenvalue weighted by Crippen LogP contribution is -2.30. The third-order valence-corrected chi connectivity index (χ3v) is 10.8. The summed E-state index contributed by atoms with van der Waals surface area (Å²) < 4.78 is 24.3. The van der Waals surface area contributed by atoms with Crippen LogP contribution in [0, 0.1) is 17.3 Å². The minimum absolute atomic E-state index is 0.0627. The third kappa shape index (κ3) is 14.4. The molecule has 1 heterocycles. The van der Waals surface area contributed by atoms with Gasteiger partial charge in [0.25, 0.3) is 0 Å². The molecule has 1 fully saturated rings. The summed E-state index contributed by atoms with van der Waals surface area (Å²) in [6.07, 6.45) is 13.4. The lowest BCUT2D eigenvalue weighted by atomic mass is 9.72. The van der Waals surface area contributed by atoms with Crippen LogP contribution in [0.4, 0.5) is 0 Å². The molecule has 1 saturated heterocycles. The minimum atomic E-state index is -1.42. The smallest absolute Gasteiger partial charge is 0.331 e. The van der Waals surface area contributed by atoms with Crippen molar-refractivity contribution in [3.05, 3.63) is 10.7 Å². The molecule has 43 heavy (non-hydrogen) atoms. The Morgan fingerprint density at radius 3 is 2.40 bits per heavy atom. The molecule has 0 aromatic heterocycles. The Labute approximate surface area is 268 Å². The summed E-state index contributed by atoms with van der Waals surface area (Å²) >= 11 is 1.82. The molecule has 9 heteroatoms. The molecule has 1 aliphatic carbocycles. The van der Waals surface area contributed by atoms with Gasteiger partial charge in [0.15, 0.2) is 15.3 Å². The molecular weight excluding hydrogens is 581 g/mol. The van der Waals surface area contributed by atoms with Crippen molar-refractivity contribution in [2.24, 2.45) is 17.3 Å². The van der Waals surface area contributed by atoms with Gasteiger partial charge in [-0.25, -0.2) is 4.79 Å². The van der Waals surface area contributed by atoms with Crippen LogP contribution in [0.25, 0.3) is 0 Å². The molecule has 250 valence electrons. The van der Waals surface area contributed by atoms with Crippen LogP contribution in [0.15, 0.2) is 10.7 Å². The van der Waals surface area contributed by atoms with Crippen LogP contribution < -0.4 is 0 Å². The van der Waals surface area contributed by atoms with Crippen molar-refractivity contribution < 1.29 is 33.3 Å². The quantitative estimate of drug-likeness (QED) is 0.0754. The molecule has 2 aliphatic rings. The summed E-state index contributed by atoms with van der Waals surface area (Å²) in [4.78, 5) is 25.5. The molecule has 2 unspecified atom stereocenters. The van der Waals surface area contributed by atoms with Crippen molar-refractivity contribution in [3.8, 4) is 0 Å². The first-order chi connectivity index (χ1) is 20.5. The van der Waals surface area contributed by atoms with Gasteiger partial charge in [0.2, 0.25) is 0 Å². The van der Waals surface area contributed by atoms with E-state index in [2.05, 4.69) is 27.7 Å². The summed E-state index contributed by atoms with van der Waals surface area (Å²) in [5.74, 6) is 1.42. The van der Waals surface area contributed by atoms with E-state index in [-0.39, 0.29) is 23.8 Å². The number of hydrogen-bond donors (Lipinski definition) is 1. The number of carbonyl (C=O) groups excluding carboxylic acids is 1. The molecule has 7 nitrogen and oxygen atoms in total. The highest BCUT2D eigenvalue weighted by Crippen LogP contribution is 2.52. The summed E-state index contributed by atoms with van der Waals surface area (Å²) in [5, 5.41) is 9.55. The summed E-state index contributed by atoms with van der Waals surface area (Å²) in [6, 6.07) is 0. The van der Waals surface area contributed by atoms with Crippen molar-refractivity contribution in [1.29, 1.82) is 0 Å². The monoisotopic (exact) mass is 642 g/mol. The summed E-state index contributed by atoms with van der Waals surface area (Å²) in [5.41, 5.74) is 0.0627. The molecular formula is C34H62O7SSi. The Morgan fingerprint density at radius 1 is 1.05 bits per heavy atom. The second-order valence-corrected chi connectivity index (χ2v) is 17.3. The number of rotatable bonds is 21. The third-order valence-electron chi connectivity index (χ3n) is 8.55. The molecule has 1 aliphatic heterocycles. The largest absolute Gasteiger partial charge is 0.479 e. The van der Waals surface area contributed by atoms with E-state index >= 15 is 0 Å². The van der Waals surface area contributed by atoms with Gasteiger partial charge >= 0.3 is 11.9 Å².